The first-order valence-electron chi connectivity index (χ1n) is 12.0. The highest BCUT2D eigenvalue weighted by atomic mass is 35.5. The molecule has 0 atom stereocenters. The highest BCUT2D eigenvalue weighted by molar-refractivity contribution is 5.99. The van der Waals surface area contributed by atoms with Gasteiger partial charge in [-0.1, -0.05) is 30.3 Å². The standard InChI is InChI=1S/C31H26N2O5.ClH/c1-35-24-13-8-21(9-14-24)29-30(37-19-20-6-4-3-5-7-20)28(34)26-18-23(12-17-27(26)38-29)33-31(32)22-10-15-25(36-2)16-11-22;/h3-18H,19H2,1-2H3,(H2,32,33);1H. The van der Waals surface area contributed by atoms with E-state index >= 15 is 0 Å². The number of amidine groups is 1. The molecular formula is C31H27ClN2O5. The SMILES string of the molecule is COc1ccc(C(N)=Nc2ccc3oc(-c4ccc(OC)cc4)c(OCc4ccccc4)c(=O)c3c2)cc1.Cl. The molecule has 7 nitrogen and oxygen atoms in total. The number of hydrogen-bond donors (Lipinski definition) is 1. The Hall–Kier alpha value is -4.75. The van der Waals surface area contributed by atoms with Gasteiger partial charge in [0.05, 0.1) is 25.3 Å². The Labute approximate surface area is 231 Å². The van der Waals surface area contributed by atoms with E-state index < -0.39 is 0 Å². The van der Waals surface area contributed by atoms with Crippen molar-refractivity contribution < 1.29 is 18.6 Å². The molecule has 198 valence electrons. The fourth-order valence-electron chi connectivity index (χ4n) is 3.99. The first-order valence-corrected chi connectivity index (χ1v) is 12.0. The fourth-order valence-corrected chi connectivity index (χ4v) is 3.99. The molecular weight excluding hydrogens is 516 g/mol. The van der Waals surface area contributed by atoms with Crippen molar-refractivity contribution in [1.29, 1.82) is 0 Å². The molecule has 4 aromatic carbocycles. The van der Waals surface area contributed by atoms with E-state index in [0.717, 1.165) is 16.9 Å². The lowest BCUT2D eigenvalue weighted by atomic mass is 10.1. The molecule has 0 amide bonds. The molecule has 0 spiro atoms. The van der Waals surface area contributed by atoms with Crippen LogP contribution in [0.25, 0.3) is 22.3 Å². The maximum Gasteiger partial charge on any atom is 0.235 e. The molecule has 0 aliphatic carbocycles. The smallest absolute Gasteiger partial charge is 0.235 e. The fraction of sp³-hybridized carbons (Fsp3) is 0.0968. The van der Waals surface area contributed by atoms with Crippen molar-refractivity contribution in [2.45, 2.75) is 6.61 Å². The molecule has 0 saturated carbocycles. The second kappa shape index (κ2) is 12.2. The van der Waals surface area contributed by atoms with Crippen molar-refractivity contribution >= 4 is 34.9 Å². The Kier molecular flexibility index (Phi) is 8.53. The van der Waals surface area contributed by atoms with Crippen LogP contribution in [-0.2, 0) is 6.61 Å². The molecule has 0 aliphatic rings. The number of nitrogens with zero attached hydrogens (tertiary/aromatic N) is 1. The zero-order valence-corrected chi connectivity index (χ0v) is 22.2. The van der Waals surface area contributed by atoms with Crippen LogP contribution in [0.1, 0.15) is 11.1 Å². The maximum atomic E-state index is 13.7. The van der Waals surface area contributed by atoms with Gasteiger partial charge in [-0.3, -0.25) is 4.79 Å². The number of hydrogen-bond acceptors (Lipinski definition) is 6. The van der Waals surface area contributed by atoms with Crippen molar-refractivity contribution in [2.24, 2.45) is 10.7 Å². The second-order valence-corrected chi connectivity index (χ2v) is 8.50. The van der Waals surface area contributed by atoms with Gasteiger partial charge in [0.25, 0.3) is 0 Å². The summed E-state index contributed by atoms with van der Waals surface area (Å²) in [4.78, 5) is 18.3. The van der Waals surface area contributed by atoms with Gasteiger partial charge >= 0.3 is 0 Å². The molecule has 5 rings (SSSR count). The highest BCUT2D eigenvalue weighted by Gasteiger charge is 2.19. The lowest BCUT2D eigenvalue weighted by Crippen LogP contribution is -2.13. The first-order chi connectivity index (χ1) is 18.6. The average Bonchev–Trinajstić information content (AvgIpc) is 2.97. The summed E-state index contributed by atoms with van der Waals surface area (Å²) in [6, 6.07) is 29.3. The molecule has 1 aromatic heterocycles. The summed E-state index contributed by atoms with van der Waals surface area (Å²) in [7, 11) is 3.20. The predicted molar refractivity (Wildman–Crippen MR) is 156 cm³/mol. The van der Waals surface area contributed by atoms with E-state index in [9.17, 15) is 4.79 Å². The monoisotopic (exact) mass is 542 g/mol. The Morgan fingerprint density at radius 3 is 2.13 bits per heavy atom. The van der Waals surface area contributed by atoms with Crippen LogP contribution in [0.4, 0.5) is 5.69 Å². The first kappa shape index (κ1) is 27.3. The third kappa shape index (κ3) is 6.05. The van der Waals surface area contributed by atoms with Crippen molar-refractivity contribution in [2.75, 3.05) is 14.2 Å². The van der Waals surface area contributed by atoms with Crippen LogP contribution >= 0.6 is 12.4 Å². The van der Waals surface area contributed by atoms with Gasteiger partial charge in [0.1, 0.15) is 29.5 Å². The van der Waals surface area contributed by atoms with Crippen LogP contribution in [-0.4, -0.2) is 20.1 Å². The number of halogens is 1. The summed E-state index contributed by atoms with van der Waals surface area (Å²) in [5, 5.41) is 0.342. The van der Waals surface area contributed by atoms with Crippen LogP contribution in [0.15, 0.2) is 111 Å². The van der Waals surface area contributed by atoms with Crippen LogP contribution in [0.5, 0.6) is 17.2 Å². The van der Waals surface area contributed by atoms with E-state index in [4.69, 9.17) is 24.4 Å². The quantitative estimate of drug-likeness (QED) is 0.177. The molecule has 0 saturated heterocycles. The van der Waals surface area contributed by atoms with Gasteiger partial charge in [0.15, 0.2) is 5.76 Å². The van der Waals surface area contributed by atoms with Gasteiger partial charge in [0, 0.05) is 11.1 Å². The van der Waals surface area contributed by atoms with Gasteiger partial charge in [-0.25, -0.2) is 4.99 Å². The van der Waals surface area contributed by atoms with Crippen molar-refractivity contribution in [3.8, 4) is 28.6 Å². The molecule has 5 aromatic rings. The zero-order chi connectivity index (χ0) is 26.5. The van der Waals surface area contributed by atoms with Crippen molar-refractivity contribution in [3.05, 3.63) is 118 Å². The van der Waals surface area contributed by atoms with Gasteiger partial charge in [-0.2, -0.15) is 0 Å². The summed E-state index contributed by atoms with van der Waals surface area (Å²) in [5.74, 6) is 2.19. The summed E-state index contributed by atoms with van der Waals surface area (Å²) >= 11 is 0. The Morgan fingerprint density at radius 1 is 0.846 bits per heavy atom. The van der Waals surface area contributed by atoms with Crippen LogP contribution in [0, 0.1) is 0 Å². The van der Waals surface area contributed by atoms with Crippen LogP contribution in [0.3, 0.4) is 0 Å². The van der Waals surface area contributed by atoms with E-state index in [-0.39, 0.29) is 30.2 Å². The Morgan fingerprint density at radius 2 is 1.49 bits per heavy atom. The molecule has 0 bridgehead atoms. The minimum atomic E-state index is -0.298. The third-order valence-corrected chi connectivity index (χ3v) is 6.05. The van der Waals surface area contributed by atoms with E-state index in [1.165, 1.54) is 0 Å². The van der Waals surface area contributed by atoms with Crippen LogP contribution < -0.4 is 25.4 Å². The molecule has 1 heterocycles. The van der Waals surface area contributed by atoms with E-state index in [1.54, 1.807) is 44.6 Å². The largest absolute Gasteiger partial charge is 0.497 e. The maximum absolute atomic E-state index is 13.7. The Balaban J connectivity index is 0.00000353. The molecule has 0 radical (unpaired) electrons. The number of ether oxygens (including phenoxy) is 3. The van der Waals surface area contributed by atoms with Gasteiger partial charge in [0.2, 0.25) is 11.2 Å². The number of methoxy groups -OCH3 is 2. The molecule has 0 fully saturated rings. The average molecular weight is 543 g/mol. The molecule has 2 N–H and O–H groups in total. The lowest BCUT2D eigenvalue weighted by Gasteiger charge is -2.12. The Bertz CT molecular complexity index is 1650. The van der Waals surface area contributed by atoms with Crippen molar-refractivity contribution in [1.82, 2.24) is 0 Å². The van der Waals surface area contributed by atoms with Gasteiger partial charge in [-0.15, -0.1) is 12.4 Å². The van der Waals surface area contributed by atoms with Crippen molar-refractivity contribution in [3.63, 3.8) is 0 Å². The normalized spacial score (nSPS) is 11.1. The summed E-state index contributed by atoms with van der Waals surface area (Å²) in [5.41, 5.74) is 9.23. The molecule has 39 heavy (non-hydrogen) atoms. The third-order valence-electron chi connectivity index (χ3n) is 6.05. The van der Waals surface area contributed by atoms with E-state index in [1.807, 2.05) is 66.7 Å². The minimum absolute atomic E-state index is 0. The topological polar surface area (TPSA) is 96.3 Å². The van der Waals surface area contributed by atoms with Gasteiger partial charge < -0.3 is 24.4 Å². The molecule has 8 heteroatoms. The number of benzene rings is 4. The number of fused-ring (bicyclic) bond motifs is 1. The molecule has 0 aliphatic heterocycles. The van der Waals surface area contributed by atoms with Gasteiger partial charge in [-0.05, 0) is 72.3 Å². The number of rotatable bonds is 8. The lowest BCUT2D eigenvalue weighted by molar-refractivity contribution is 0.298. The van der Waals surface area contributed by atoms with E-state index in [0.29, 0.717) is 39.6 Å². The zero-order valence-electron chi connectivity index (χ0n) is 21.4. The number of nitrogens with two attached hydrogens (primary N) is 1. The highest BCUT2D eigenvalue weighted by Crippen LogP contribution is 2.33. The second-order valence-electron chi connectivity index (χ2n) is 8.50. The van der Waals surface area contributed by atoms with Crippen LogP contribution in [0.2, 0.25) is 0 Å². The minimum Gasteiger partial charge on any atom is -0.497 e. The predicted octanol–water partition coefficient (Wildman–Crippen LogP) is 6.52. The van der Waals surface area contributed by atoms with E-state index in [2.05, 4.69) is 4.99 Å². The number of aliphatic imine (C=N–C) groups is 1. The summed E-state index contributed by atoms with van der Waals surface area (Å²) in [6.45, 7) is 0.211. The summed E-state index contributed by atoms with van der Waals surface area (Å²) in [6.07, 6.45) is 0. The summed E-state index contributed by atoms with van der Waals surface area (Å²) < 4.78 is 22.8. The molecule has 0 unspecified atom stereocenters.